The van der Waals surface area contributed by atoms with Gasteiger partial charge < -0.3 is 15.0 Å². The number of nitrogens with one attached hydrogen (secondary N) is 1. The molecule has 1 heterocycles. The Morgan fingerprint density at radius 2 is 1.77 bits per heavy atom. The van der Waals surface area contributed by atoms with Crippen LogP contribution in [-0.4, -0.2) is 67.5 Å². The van der Waals surface area contributed by atoms with Crippen LogP contribution in [-0.2, 0) is 4.79 Å². The average molecular weight is 416 g/mol. The lowest BCUT2D eigenvalue weighted by atomic mass is 9.94. The molecule has 0 aromatic heterocycles. The van der Waals surface area contributed by atoms with E-state index in [4.69, 9.17) is 4.74 Å². The fourth-order valence-corrected chi connectivity index (χ4v) is 4.73. The van der Waals surface area contributed by atoms with Crippen LogP contribution in [0.1, 0.15) is 56.3 Å². The number of carbonyl (C=O) groups is 2. The number of hydrogen-bond acceptors (Lipinski definition) is 4. The van der Waals surface area contributed by atoms with Gasteiger partial charge in [0.05, 0.1) is 18.7 Å². The lowest BCUT2D eigenvalue weighted by Gasteiger charge is -2.41. The van der Waals surface area contributed by atoms with Crippen LogP contribution < -0.4 is 10.1 Å². The first-order valence-corrected chi connectivity index (χ1v) is 11.4. The van der Waals surface area contributed by atoms with Crippen LogP contribution in [0.15, 0.2) is 24.3 Å². The van der Waals surface area contributed by atoms with E-state index in [2.05, 4.69) is 24.1 Å². The first-order valence-electron chi connectivity index (χ1n) is 11.4. The number of benzene rings is 1. The normalized spacial score (nSPS) is 19.1. The van der Waals surface area contributed by atoms with Gasteiger partial charge in [0.1, 0.15) is 5.75 Å². The molecule has 1 aliphatic heterocycles. The van der Waals surface area contributed by atoms with Gasteiger partial charge in [-0.15, -0.1) is 0 Å². The standard InChI is InChI=1S/C24H37N3O3/c1-18(2)12-13-25-23(28)22(19-8-4-5-9-19)26-14-16-27(17-15-26)24(29)20-10-6-7-11-21(20)30-3/h6-7,10-11,18-19,22H,4-5,8-9,12-17H2,1-3H3,(H,25,28). The molecule has 166 valence electrons. The van der Waals surface area contributed by atoms with E-state index in [1.165, 1.54) is 12.8 Å². The first-order chi connectivity index (χ1) is 14.5. The van der Waals surface area contributed by atoms with E-state index in [0.717, 1.165) is 38.9 Å². The van der Waals surface area contributed by atoms with Gasteiger partial charge >= 0.3 is 0 Å². The highest BCUT2D eigenvalue weighted by Gasteiger charge is 2.37. The minimum atomic E-state index is -0.0665. The van der Waals surface area contributed by atoms with Crippen molar-refractivity contribution in [1.82, 2.24) is 15.1 Å². The van der Waals surface area contributed by atoms with E-state index in [1.807, 2.05) is 29.2 Å². The Labute approximate surface area is 180 Å². The average Bonchev–Trinajstić information content (AvgIpc) is 3.28. The molecule has 2 fully saturated rings. The molecule has 6 nitrogen and oxygen atoms in total. The number of rotatable bonds is 8. The molecule has 1 aromatic rings. The SMILES string of the molecule is COc1ccccc1C(=O)N1CCN(C(C(=O)NCCC(C)C)C2CCCC2)CC1. The van der Waals surface area contributed by atoms with E-state index in [0.29, 0.717) is 36.2 Å². The maximum atomic E-state index is 13.1. The predicted molar refractivity (Wildman–Crippen MR) is 119 cm³/mol. The van der Waals surface area contributed by atoms with Crippen molar-refractivity contribution >= 4 is 11.8 Å². The third kappa shape index (κ3) is 5.54. The summed E-state index contributed by atoms with van der Waals surface area (Å²) in [7, 11) is 1.59. The van der Waals surface area contributed by atoms with Crippen molar-refractivity contribution in [2.45, 2.75) is 52.0 Å². The molecule has 1 saturated heterocycles. The van der Waals surface area contributed by atoms with Crippen LogP contribution in [0.3, 0.4) is 0 Å². The molecule has 1 aromatic carbocycles. The molecule has 1 N–H and O–H groups in total. The van der Waals surface area contributed by atoms with Crippen molar-refractivity contribution < 1.29 is 14.3 Å². The minimum Gasteiger partial charge on any atom is -0.496 e. The van der Waals surface area contributed by atoms with Crippen molar-refractivity contribution in [2.75, 3.05) is 39.8 Å². The van der Waals surface area contributed by atoms with Gasteiger partial charge in [0.25, 0.3) is 5.91 Å². The van der Waals surface area contributed by atoms with E-state index < -0.39 is 0 Å². The lowest BCUT2D eigenvalue weighted by Crippen LogP contribution is -2.58. The van der Waals surface area contributed by atoms with Gasteiger partial charge in [0, 0.05) is 32.7 Å². The number of carbonyl (C=O) groups excluding carboxylic acids is 2. The highest BCUT2D eigenvalue weighted by molar-refractivity contribution is 5.97. The molecule has 2 aliphatic rings. The molecule has 30 heavy (non-hydrogen) atoms. The molecule has 1 aliphatic carbocycles. The monoisotopic (exact) mass is 415 g/mol. The second-order valence-corrected chi connectivity index (χ2v) is 8.99. The summed E-state index contributed by atoms with van der Waals surface area (Å²) in [5, 5.41) is 3.19. The number of ether oxygens (including phenoxy) is 1. The Balaban J connectivity index is 1.62. The summed E-state index contributed by atoms with van der Waals surface area (Å²) in [5.41, 5.74) is 0.604. The zero-order valence-electron chi connectivity index (χ0n) is 18.7. The summed E-state index contributed by atoms with van der Waals surface area (Å²) in [6.07, 6.45) is 5.69. The Hall–Kier alpha value is -2.08. The summed E-state index contributed by atoms with van der Waals surface area (Å²) in [5.74, 6) is 1.80. The quantitative estimate of drug-likeness (QED) is 0.708. The van der Waals surface area contributed by atoms with Gasteiger partial charge in [0.2, 0.25) is 5.91 Å². The summed E-state index contributed by atoms with van der Waals surface area (Å²) < 4.78 is 5.36. The number of para-hydroxylation sites is 1. The van der Waals surface area contributed by atoms with E-state index in [9.17, 15) is 9.59 Å². The van der Waals surface area contributed by atoms with Crippen LogP contribution in [0.25, 0.3) is 0 Å². The van der Waals surface area contributed by atoms with Gasteiger partial charge in [-0.2, -0.15) is 0 Å². The maximum Gasteiger partial charge on any atom is 0.257 e. The molecule has 3 rings (SSSR count). The second kappa shape index (κ2) is 10.8. The minimum absolute atomic E-state index is 0.00546. The molecule has 2 amide bonds. The van der Waals surface area contributed by atoms with Crippen LogP contribution in [0.5, 0.6) is 5.75 Å². The molecule has 6 heteroatoms. The van der Waals surface area contributed by atoms with E-state index in [-0.39, 0.29) is 17.9 Å². The Morgan fingerprint density at radius 3 is 2.40 bits per heavy atom. The Kier molecular flexibility index (Phi) is 8.14. The summed E-state index contributed by atoms with van der Waals surface area (Å²) in [6.45, 7) is 7.85. The number of piperazine rings is 1. The van der Waals surface area contributed by atoms with E-state index >= 15 is 0 Å². The smallest absolute Gasteiger partial charge is 0.257 e. The molecule has 0 bridgehead atoms. The van der Waals surface area contributed by atoms with Crippen LogP contribution in [0.4, 0.5) is 0 Å². The zero-order chi connectivity index (χ0) is 21.5. The molecule has 0 spiro atoms. The highest BCUT2D eigenvalue weighted by atomic mass is 16.5. The fraction of sp³-hybridized carbons (Fsp3) is 0.667. The van der Waals surface area contributed by atoms with Crippen molar-refractivity contribution in [3.05, 3.63) is 29.8 Å². The number of nitrogens with zero attached hydrogens (tertiary/aromatic N) is 2. The Morgan fingerprint density at radius 1 is 1.10 bits per heavy atom. The highest BCUT2D eigenvalue weighted by Crippen LogP contribution is 2.31. The molecule has 1 atom stereocenters. The fourth-order valence-electron chi connectivity index (χ4n) is 4.73. The third-order valence-corrected chi connectivity index (χ3v) is 6.47. The molecule has 0 radical (unpaired) electrons. The second-order valence-electron chi connectivity index (χ2n) is 8.99. The number of amides is 2. The third-order valence-electron chi connectivity index (χ3n) is 6.47. The van der Waals surface area contributed by atoms with Crippen molar-refractivity contribution in [1.29, 1.82) is 0 Å². The summed E-state index contributed by atoms with van der Waals surface area (Å²) >= 11 is 0. The maximum absolute atomic E-state index is 13.1. The van der Waals surface area contributed by atoms with Gasteiger partial charge in [0.15, 0.2) is 0 Å². The largest absolute Gasteiger partial charge is 0.496 e. The molecule has 1 unspecified atom stereocenters. The van der Waals surface area contributed by atoms with Crippen molar-refractivity contribution in [3.63, 3.8) is 0 Å². The topological polar surface area (TPSA) is 61.9 Å². The van der Waals surface area contributed by atoms with Gasteiger partial charge in [-0.1, -0.05) is 38.8 Å². The van der Waals surface area contributed by atoms with Gasteiger partial charge in [-0.05, 0) is 43.2 Å². The van der Waals surface area contributed by atoms with E-state index in [1.54, 1.807) is 7.11 Å². The van der Waals surface area contributed by atoms with Gasteiger partial charge in [-0.3, -0.25) is 14.5 Å². The van der Waals surface area contributed by atoms with Crippen LogP contribution in [0, 0.1) is 11.8 Å². The van der Waals surface area contributed by atoms with Gasteiger partial charge in [-0.25, -0.2) is 0 Å². The predicted octanol–water partition coefficient (Wildman–Crippen LogP) is 3.17. The molecule has 1 saturated carbocycles. The molecular weight excluding hydrogens is 378 g/mol. The Bertz CT molecular complexity index is 707. The first kappa shape index (κ1) is 22.6. The lowest BCUT2D eigenvalue weighted by molar-refractivity contribution is -0.129. The number of hydrogen-bond donors (Lipinski definition) is 1. The number of methoxy groups -OCH3 is 1. The van der Waals surface area contributed by atoms with Crippen LogP contribution >= 0.6 is 0 Å². The van der Waals surface area contributed by atoms with Crippen molar-refractivity contribution in [3.8, 4) is 5.75 Å². The van der Waals surface area contributed by atoms with Crippen molar-refractivity contribution in [2.24, 2.45) is 11.8 Å². The summed E-state index contributed by atoms with van der Waals surface area (Å²) in [6, 6.07) is 7.31. The summed E-state index contributed by atoms with van der Waals surface area (Å²) in [4.78, 5) is 30.3. The van der Waals surface area contributed by atoms with Crippen LogP contribution in [0.2, 0.25) is 0 Å². The molecular formula is C24H37N3O3. The zero-order valence-corrected chi connectivity index (χ0v) is 18.7.